The molecule has 6 heteroatoms. The van der Waals surface area contributed by atoms with Gasteiger partial charge in [0.15, 0.2) is 9.84 Å². The van der Waals surface area contributed by atoms with E-state index < -0.39 is 9.84 Å². The number of thioether (sulfide) groups is 1. The highest BCUT2D eigenvalue weighted by Crippen LogP contribution is 2.24. The Morgan fingerprint density at radius 2 is 2.00 bits per heavy atom. The summed E-state index contributed by atoms with van der Waals surface area (Å²) in [5.41, 5.74) is 5.80. The number of benzene rings is 1. The van der Waals surface area contributed by atoms with Crippen molar-refractivity contribution in [3.8, 4) is 0 Å². The van der Waals surface area contributed by atoms with Gasteiger partial charge in [0.2, 0.25) is 0 Å². The minimum absolute atomic E-state index is 0.0523. The molecule has 4 nitrogen and oxygen atoms in total. The molecule has 0 aromatic heterocycles. The lowest BCUT2D eigenvalue weighted by Crippen LogP contribution is -2.16. The van der Waals surface area contributed by atoms with Gasteiger partial charge in [-0.25, -0.2) is 8.42 Å². The average molecular weight is 300 g/mol. The summed E-state index contributed by atoms with van der Waals surface area (Å²) in [6.07, 6.45) is 0. The third kappa shape index (κ3) is 5.24. The molecule has 0 spiro atoms. The third-order valence-electron chi connectivity index (χ3n) is 2.39. The normalized spacial score (nSPS) is 12.4. The van der Waals surface area contributed by atoms with Crippen LogP contribution in [0.4, 0.5) is 0 Å². The second-order valence-electron chi connectivity index (χ2n) is 5.22. The molecular formula is C13H20N2O2S2. The lowest BCUT2D eigenvalue weighted by Gasteiger charge is -2.17. The van der Waals surface area contributed by atoms with E-state index in [2.05, 4.69) is 20.8 Å². The Morgan fingerprint density at radius 3 is 2.53 bits per heavy atom. The van der Waals surface area contributed by atoms with Crippen LogP contribution in [0.3, 0.4) is 0 Å². The molecule has 106 valence electrons. The summed E-state index contributed by atoms with van der Waals surface area (Å²) < 4.78 is 24.4. The highest BCUT2D eigenvalue weighted by Gasteiger charge is 2.17. The maximum Gasteiger partial charge on any atom is 0.179 e. The zero-order chi connectivity index (χ0) is 14.7. The summed E-state index contributed by atoms with van der Waals surface area (Å²) in [6.45, 7) is 6.17. The Bertz CT molecular complexity index is 560. The van der Waals surface area contributed by atoms with Crippen molar-refractivity contribution in [3.05, 3.63) is 29.8 Å². The summed E-state index contributed by atoms with van der Waals surface area (Å²) in [4.78, 5) is 0.231. The average Bonchev–Trinajstić information content (AvgIpc) is 2.27. The molecule has 19 heavy (non-hydrogen) atoms. The summed E-state index contributed by atoms with van der Waals surface area (Å²) >= 11 is 1.62. The van der Waals surface area contributed by atoms with Crippen LogP contribution in [0.5, 0.6) is 0 Å². The number of amidine groups is 1. The van der Waals surface area contributed by atoms with Gasteiger partial charge >= 0.3 is 0 Å². The fraction of sp³-hybridized carbons (Fsp3) is 0.462. The van der Waals surface area contributed by atoms with Crippen LogP contribution in [0.2, 0.25) is 0 Å². The van der Waals surface area contributed by atoms with Crippen molar-refractivity contribution in [1.29, 1.82) is 5.41 Å². The molecule has 0 radical (unpaired) electrons. The van der Waals surface area contributed by atoms with Gasteiger partial charge in [-0.15, -0.1) is 0 Å². The summed E-state index contributed by atoms with van der Waals surface area (Å²) in [5.74, 6) is 0.521. The van der Waals surface area contributed by atoms with Gasteiger partial charge in [-0.3, -0.25) is 5.41 Å². The van der Waals surface area contributed by atoms with E-state index in [9.17, 15) is 8.42 Å². The number of hydrogen-bond acceptors (Lipinski definition) is 4. The summed E-state index contributed by atoms with van der Waals surface area (Å²) in [6, 6.07) is 6.24. The van der Waals surface area contributed by atoms with Crippen molar-refractivity contribution in [3.63, 3.8) is 0 Å². The lowest BCUT2D eigenvalue weighted by atomic mass is 10.2. The molecule has 0 aliphatic rings. The molecule has 1 aromatic rings. The predicted octanol–water partition coefficient (Wildman–Crippen LogP) is 2.28. The van der Waals surface area contributed by atoms with Crippen LogP contribution in [0, 0.1) is 5.41 Å². The first-order valence-electron chi connectivity index (χ1n) is 5.93. The maximum atomic E-state index is 12.2. The Morgan fingerprint density at radius 1 is 1.37 bits per heavy atom. The fourth-order valence-corrected chi connectivity index (χ4v) is 4.08. The van der Waals surface area contributed by atoms with E-state index in [0.29, 0.717) is 11.3 Å². The monoisotopic (exact) mass is 300 g/mol. The zero-order valence-electron chi connectivity index (χ0n) is 11.4. The molecule has 0 bridgehead atoms. The van der Waals surface area contributed by atoms with Gasteiger partial charge in [0.25, 0.3) is 0 Å². The van der Waals surface area contributed by atoms with Crippen LogP contribution in [0.25, 0.3) is 0 Å². The molecule has 1 aromatic carbocycles. The standard InChI is InChI=1S/C13H20N2O2S2/c1-13(2,3)18-7-8-19(16,17)11-6-4-5-10(9-11)12(14)15/h4-6,9H,7-8H2,1-3H3,(H3,14,15). The number of rotatable bonds is 5. The quantitative estimate of drug-likeness (QED) is 0.645. The van der Waals surface area contributed by atoms with Crippen molar-refractivity contribution in [2.45, 2.75) is 30.4 Å². The zero-order valence-corrected chi connectivity index (χ0v) is 13.1. The second-order valence-corrected chi connectivity index (χ2v) is 9.25. The minimum atomic E-state index is -3.31. The van der Waals surface area contributed by atoms with Crippen LogP contribution < -0.4 is 5.73 Å². The highest BCUT2D eigenvalue weighted by molar-refractivity contribution is 8.01. The topological polar surface area (TPSA) is 84.0 Å². The minimum Gasteiger partial charge on any atom is -0.384 e. The van der Waals surface area contributed by atoms with E-state index in [4.69, 9.17) is 11.1 Å². The first-order chi connectivity index (χ1) is 8.62. The molecule has 0 fully saturated rings. The molecule has 0 aliphatic carbocycles. The Kier molecular flexibility index (Phi) is 5.04. The van der Waals surface area contributed by atoms with Crippen molar-refractivity contribution in [1.82, 2.24) is 0 Å². The summed E-state index contributed by atoms with van der Waals surface area (Å²) in [5, 5.41) is 7.34. The van der Waals surface area contributed by atoms with Crippen LogP contribution in [0.15, 0.2) is 29.2 Å². The molecule has 0 saturated heterocycles. The van der Waals surface area contributed by atoms with Crippen LogP contribution >= 0.6 is 11.8 Å². The molecule has 0 aliphatic heterocycles. The maximum absolute atomic E-state index is 12.2. The molecule has 0 heterocycles. The van der Waals surface area contributed by atoms with Crippen LogP contribution in [0.1, 0.15) is 26.3 Å². The number of nitrogens with two attached hydrogens (primary N) is 1. The van der Waals surface area contributed by atoms with E-state index in [1.165, 1.54) is 6.07 Å². The third-order valence-corrected chi connectivity index (χ3v) is 5.64. The number of sulfone groups is 1. The van der Waals surface area contributed by atoms with Gasteiger partial charge in [-0.05, 0) is 12.1 Å². The molecule has 0 saturated carbocycles. The molecular weight excluding hydrogens is 280 g/mol. The molecule has 0 unspecified atom stereocenters. The Hall–Kier alpha value is -1.01. The Labute approximate surface area is 119 Å². The van der Waals surface area contributed by atoms with Crippen molar-refractivity contribution < 1.29 is 8.42 Å². The first-order valence-corrected chi connectivity index (χ1v) is 8.57. The van der Waals surface area contributed by atoms with E-state index in [0.717, 1.165) is 0 Å². The van der Waals surface area contributed by atoms with Gasteiger partial charge in [-0.2, -0.15) is 11.8 Å². The van der Waals surface area contributed by atoms with Crippen molar-refractivity contribution >= 4 is 27.4 Å². The fourth-order valence-electron chi connectivity index (χ4n) is 1.43. The SMILES string of the molecule is CC(C)(C)SCCS(=O)(=O)c1cccc(C(=N)N)c1. The van der Waals surface area contributed by atoms with Crippen LogP contribution in [-0.4, -0.2) is 30.5 Å². The molecule has 0 amide bonds. The number of nitrogen functional groups attached to an aromatic ring is 1. The predicted molar refractivity (Wildman–Crippen MR) is 81.7 cm³/mol. The van der Waals surface area contributed by atoms with Crippen LogP contribution in [-0.2, 0) is 9.84 Å². The number of hydrogen-bond donors (Lipinski definition) is 2. The molecule has 3 N–H and O–H groups in total. The van der Waals surface area contributed by atoms with Gasteiger partial charge in [0.05, 0.1) is 10.6 Å². The molecule has 1 rings (SSSR count). The van der Waals surface area contributed by atoms with E-state index in [1.807, 2.05) is 0 Å². The largest absolute Gasteiger partial charge is 0.384 e. The second kappa shape index (κ2) is 5.96. The molecule has 0 atom stereocenters. The van der Waals surface area contributed by atoms with Gasteiger partial charge in [0.1, 0.15) is 5.84 Å². The lowest BCUT2D eigenvalue weighted by molar-refractivity contribution is 0.597. The van der Waals surface area contributed by atoms with Crippen molar-refractivity contribution in [2.24, 2.45) is 5.73 Å². The highest BCUT2D eigenvalue weighted by atomic mass is 32.2. The first kappa shape index (κ1) is 16.0. The van der Waals surface area contributed by atoms with E-state index in [1.54, 1.807) is 30.0 Å². The number of nitrogens with one attached hydrogen (secondary N) is 1. The summed E-state index contributed by atoms with van der Waals surface area (Å²) in [7, 11) is -3.31. The van der Waals surface area contributed by atoms with Gasteiger partial charge in [-0.1, -0.05) is 32.9 Å². The van der Waals surface area contributed by atoms with Crippen molar-refractivity contribution in [2.75, 3.05) is 11.5 Å². The van der Waals surface area contributed by atoms with Gasteiger partial charge < -0.3 is 5.73 Å². The Balaban J connectivity index is 2.83. The van der Waals surface area contributed by atoms with Gasteiger partial charge in [0, 0.05) is 16.1 Å². The van der Waals surface area contributed by atoms with E-state index >= 15 is 0 Å². The smallest absolute Gasteiger partial charge is 0.179 e. The van der Waals surface area contributed by atoms with E-state index in [-0.39, 0.29) is 21.2 Å².